The Hall–Kier alpha value is -6.77. The molecule has 0 radical (unpaired) electrons. The summed E-state index contributed by atoms with van der Waals surface area (Å²) in [6, 6.07) is 19.0. The zero-order chi connectivity index (χ0) is 45.3. The van der Waals surface area contributed by atoms with Crippen molar-refractivity contribution in [1.82, 2.24) is 10.2 Å². The zero-order valence-electron chi connectivity index (χ0n) is 35.4. The number of ether oxygens (including phenoxy) is 6. The van der Waals surface area contributed by atoms with Crippen LogP contribution in [0.1, 0.15) is 40.5 Å². The summed E-state index contributed by atoms with van der Waals surface area (Å²) in [6.45, 7) is 11.9. The zero-order valence-corrected chi connectivity index (χ0v) is 36.2. The van der Waals surface area contributed by atoms with Gasteiger partial charge < -0.3 is 37.7 Å². The molecule has 16 nitrogen and oxygen atoms in total. The van der Waals surface area contributed by atoms with Crippen LogP contribution in [0.3, 0.4) is 0 Å². The first-order chi connectivity index (χ1) is 31.0. The Bertz CT molecular complexity index is 2690. The number of nitrogens with one attached hydrogen (secondary N) is 1. The third-order valence-corrected chi connectivity index (χ3v) is 10.7. The second-order valence-corrected chi connectivity index (χ2v) is 15.2. The summed E-state index contributed by atoms with van der Waals surface area (Å²) < 4.78 is 40.6. The molecule has 2 aliphatic rings. The van der Waals surface area contributed by atoms with Gasteiger partial charge in [0.25, 0.3) is 11.8 Å². The molecule has 332 valence electrons. The molecule has 0 saturated carbocycles. The highest BCUT2D eigenvalue weighted by molar-refractivity contribution is 6.33. The van der Waals surface area contributed by atoms with Crippen LogP contribution in [-0.2, 0) is 23.8 Å². The first-order valence-electron chi connectivity index (χ1n) is 20.6. The maximum absolute atomic E-state index is 13.5. The van der Waals surface area contributed by atoms with Crippen LogP contribution in [0.2, 0.25) is 5.02 Å². The van der Waals surface area contributed by atoms with Crippen LogP contribution in [0.4, 0.5) is 11.4 Å². The van der Waals surface area contributed by atoms with Crippen LogP contribution in [0.25, 0.3) is 38.3 Å². The Balaban J connectivity index is 0.820. The lowest BCUT2D eigenvalue weighted by molar-refractivity contribution is -0.136. The molecule has 5 aromatic rings. The molecule has 1 saturated heterocycles. The minimum atomic E-state index is -1.06. The third-order valence-electron chi connectivity index (χ3n) is 10.3. The van der Waals surface area contributed by atoms with E-state index >= 15 is 0 Å². The van der Waals surface area contributed by atoms with Gasteiger partial charge in [0.2, 0.25) is 11.8 Å². The number of anilines is 1. The van der Waals surface area contributed by atoms with Gasteiger partial charge in [-0.15, -0.1) is 0 Å². The molecule has 7 rings (SSSR count). The number of benzene rings is 4. The molecule has 1 fully saturated rings. The Morgan fingerprint density at radius 2 is 1.50 bits per heavy atom. The standard InChI is InChI=1S/C47H45ClN4O12/c1-5-61-40-27-42-35(25-34(40)28-21-29(49-2)23-30(22-28)51(3)4)38(53)26-41(64-42)32-10-9-31(24-36(32)48)62-19-17-59-15-13-58-14-16-60-18-20-63-39-8-6-7-33-44(39)47(57)52(46(33)56)37-11-12-43(54)50-45(37)55/h6-10,21-27,37H,5,11-20H2,1,3-4H3,(H,50,54,55). The molecule has 2 aliphatic heterocycles. The Morgan fingerprint density at radius 1 is 0.781 bits per heavy atom. The quantitative estimate of drug-likeness (QED) is 0.0497. The number of rotatable bonds is 20. The number of carbonyl (C=O) groups excluding carboxylic acids is 4. The van der Waals surface area contributed by atoms with E-state index in [1.807, 2.05) is 32.0 Å². The van der Waals surface area contributed by atoms with Crippen LogP contribution in [-0.4, -0.2) is 108 Å². The SMILES string of the molecule is [C-]#[N+]c1cc(-c2cc3c(=O)cc(-c4ccc(OCCOCCOCCOCCOc5cccc6c5C(=O)N(C5CCC(=O)NC5=O)C6=O)cc4Cl)oc3cc2OCC)cc(N(C)C)c1. The topological polar surface area (TPSA) is 177 Å². The average molecular weight is 893 g/mol. The minimum Gasteiger partial charge on any atom is -0.493 e. The molecule has 1 unspecified atom stereocenters. The Morgan fingerprint density at radius 3 is 2.17 bits per heavy atom. The maximum Gasteiger partial charge on any atom is 0.266 e. The van der Waals surface area contributed by atoms with Gasteiger partial charge in [-0.25, -0.2) is 4.85 Å². The summed E-state index contributed by atoms with van der Waals surface area (Å²) in [5.41, 5.74) is 3.51. The van der Waals surface area contributed by atoms with Gasteiger partial charge in [0, 0.05) is 49.5 Å². The highest BCUT2D eigenvalue weighted by Crippen LogP contribution is 2.40. The number of carbonyl (C=O) groups is 4. The number of amides is 4. The van der Waals surface area contributed by atoms with Crippen LogP contribution < -0.4 is 29.9 Å². The van der Waals surface area contributed by atoms with Gasteiger partial charge in [0.05, 0.1) is 74.4 Å². The summed E-state index contributed by atoms with van der Waals surface area (Å²) >= 11 is 6.66. The fraction of sp³-hybridized carbons (Fsp3) is 0.319. The van der Waals surface area contributed by atoms with Crippen LogP contribution >= 0.6 is 11.6 Å². The predicted octanol–water partition coefficient (Wildman–Crippen LogP) is 6.70. The monoisotopic (exact) mass is 892 g/mol. The smallest absolute Gasteiger partial charge is 0.266 e. The molecule has 17 heteroatoms. The summed E-state index contributed by atoms with van der Waals surface area (Å²) in [5.74, 6) is -0.864. The van der Waals surface area contributed by atoms with E-state index in [0.29, 0.717) is 77.3 Å². The summed E-state index contributed by atoms with van der Waals surface area (Å²) in [5, 5.41) is 2.86. The highest BCUT2D eigenvalue weighted by Gasteiger charge is 2.46. The van der Waals surface area contributed by atoms with Gasteiger partial charge in [0.1, 0.15) is 47.8 Å². The number of nitrogens with zero attached hydrogens (tertiary/aromatic N) is 3. The van der Waals surface area contributed by atoms with Gasteiger partial charge in [-0.05, 0) is 73.5 Å². The van der Waals surface area contributed by atoms with E-state index in [2.05, 4.69) is 10.2 Å². The number of halogens is 1. The van der Waals surface area contributed by atoms with Crippen molar-refractivity contribution in [2.24, 2.45) is 0 Å². The van der Waals surface area contributed by atoms with E-state index in [0.717, 1.165) is 16.2 Å². The van der Waals surface area contributed by atoms with Crippen molar-refractivity contribution < 1.29 is 52.0 Å². The minimum absolute atomic E-state index is 0.0339. The number of hydrogen-bond donors (Lipinski definition) is 1. The predicted molar refractivity (Wildman–Crippen MR) is 237 cm³/mol. The molecule has 0 bridgehead atoms. The van der Waals surface area contributed by atoms with Crippen LogP contribution in [0.5, 0.6) is 17.2 Å². The number of fused-ring (bicyclic) bond motifs is 2. The van der Waals surface area contributed by atoms with Crippen molar-refractivity contribution in [3.63, 3.8) is 0 Å². The Labute approximate surface area is 373 Å². The van der Waals surface area contributed by atoms with Crippen molar-refractivity contribution in [3.8, 4) is 39.7 Å². The summed E-state index contributed by atoms with van der Waals surface area (Å²) in [4.78, 5) is 70.0. The van der Waals surface area contributed by atoms with Crippen molar-refractivity contribution >= 4 is 57.6 Å². The lowest BCUT2D eigenvalue weighted by Crippen LogP contribution is -2.54. The van der Waals surface area contributed by atoms with Gasteiger partial charge >= 0.3 is 0 Å². The summed E-state index contributed by atoms with van der Waals surface area (Å²) in [6.07, 6.45) is 0.0996. The Kier molecular flexibility index (Phi) is 14.6. The van der Waals surface area contributed by atoms with Crippen molar-refractivity contribution in [1.29, 1.82) is 0 Å². The first-order valence-corrected chi connectivity index (χ1v) is 20.9. The largest absolute Gasteiger partial charge is 0.493 e. The molecule has 64 heavy (non-hydrogen) atoms. The van der Waals surface area contributed by atoms with Crippen LogP contribution in [0, 0.1) is 6.57 Å². The molecule has 3 heterocycles. The van der Waals surface area contributed by atoms with E-state index < -0.39 is 29.7 Å². The number of piperidine rings is 1. The fourth-order valence-electron chi connectivity index (χ4n) is 7.25. The van der Waals surface area contributed by atoms with E-state index in [1.54, 1.807) is 54.6 Å². The third kappa shape index (κ3) is 10.2. The van der Waals surface area contributed by atoms with Gasteiger partial charge in [-0.1, -0.05) is 17.7 Å². The molecule has 0 spiro atoms. The van der Waals surface area contributed by atoms with E-state index in [-0.39, 0.29) is 67.3 Å². The normalized spacial score (nSPS) is 14.7. The lowest BCUT2D eigenvalue weighted by atomic mass is 10.00. The molecule has 1 aromatic heterocycles. The van der Waals surface area contributed by atoms with Gasteiger partial charge in [-0.2, -0.15) is 0 Å². The number of imide groups is 2. The van der Waals surface area contributed by atoms with E-state index in [1.165, 1.54) is 12.1 Å². The number of hydrogen-bond acceptors (Lipinski definition) is 13. The van der Waals surface area contributed by atoms with Crippen molar-refractivity contribution in [2.75, 3.05) is 78.5 Å². The van der Waals surface area contributed by atoms with E-state index in [4.69, 9.17) is 51.0 Å². The van der Waals surface area contributed by atoms with Crippen molar-refractivity contribution in [2.45, 2.75) is 25.8 Å². The molecule has 1 atom stereocenters. The second kappa shape index (κ2) is 20.6. The summed E-state index contributed by atoms with van der Waals surface area (Å²) in [7, 11) is 3.79. The van der Waals surface area contributed by atoms with Gasteiger partial charge in [-0.3, -0.25) is 34.2 Å². The molecular weight excluding hydrogens is 848 g/mol. The molecule has 1 N–H and O–H groups in total. The lowest BCUT2D eigenvalue weighted by Gasteiger charge is -2.27. The first kappa shape index (κ1) is 45.3. The second-order valence-electron chi connectivity index (χ2n) is 14.8. The maximum atomic E-state index is 13.5. The average Bonchev–Trinajstić information content (AvgIpc) is 3.53. The highest BCUT2D eigenvalue weighted by atomic mass is 35.5. The molecule has 4 amide bonds. The van der Waals surface area contributed by atoms with Crippen LogP contribution in [0.15, 0.2) is 82.0 Å². The fourth-order valence-corrected chi connectivity index (χ4v) is 7.51. The van der Waals surface area contributed by atoms with E-state index in [9.17, 15) is 24.0 Å². The van der Waals surface area contributed by atoms with Gasteiger partial charge in [0.15, 0.2) is 11.1 Å². The molecule has 0 aliphatic carbocycles. The van der Waals surface area contributed by atoms with Crippen molar-refractivity contribution in [3.05, 3.63) is 111 Å². The molecular formula is C47H45ClN4O12. The molecule has 4 aromatic carbocycles.